The van der Waals surface area contributed by atoms with Crippen molar-refractivity contribution in [3.8, 4) is 0 Å². The van der Waals surface area contributed by atoms with Crippen molar-refractivity contribution in [2.75, 3.05) is 13.1 Å². The summed E-state index contributed by atoms with van der Waals surface area (Å²) in [5, 5.41) is 0. The van der Waals surface area contributed by atoms with Crippen molar-refractivity contribution in [2.45, 2.75) is 45.1 Å². The number of likely N-dealkylation sites (tertiary alicyclic amines) is 1. The van der Waals surface area contributed by atoms with Gasteiger partial charge >= 0.3 is 6.09 Å². The van der Waals surface area contributed by atoms with Crippen molar-refractivity contribution >= 4 is 6.09 Å². The second kappa shape index (κ2) is 7.49. The molecule has 1 aliphatic carbocycles. The number of alkyl halides is 1. The summed E-state index contributed by atoms with van der Waals surface area (Å²) >= 11 is 0. The van der Waals surface area contributed by atoms with Crippen LogP contribution in [0.5, 0.6) is 0 Å². The van der Waals surface area contributed by atoms with E-state index in [1.54, 1.807) is 32.9 Å². The normalized spacial score (nSPS) is 27.5. The Morgan fingerprint density at radius 2 is 1.91 bits per heavy atom. The van der Waals surface area contributed by atoms with Gasteiger partial charge in [-0.15, -0.1) is 0 Å². The molecule has 1 heterocycles. The SMILES string of the molecule is CC(C)(C)OC(=O)N1CC[C@@H](OC2=C/C=C\C=C/C=C2)C(F)C1. The Labute approximate surface area is 136 Å². The third-order valence-corrected chi connectivity index (χ3v) is 3.39. The van der Waals surface area contributed by atoms with Gasteiger partial charge in [0.2, 0.25) is 0 Å². The number of allylic oxidation sites excluding steroid dienone is 7. The van der Waals surface area contributed by atoms with E-state index in [9.17, 15) is 9.18 Å². The van der Waals surface area contributed by atoms with Crippen LogP contribution in [0.4, 0.5) is 9.18 Å². The highest BCUT2D eigenvalue weighted by Gasteiger charge is 2.35. The molecule has 126 valence electrons. The maximum absolute atomic E-state index is 14.4. The molecule has 0 aromatic carbocycles. The molecule has 0 aromatic heterocycles. The highest BCUT2D eigenvalue weighted by atomic mass is 19.1. The van der Waals surface area contributed by atoms with Crippen LogP contribution in [0.15, 0.2) is 48.3 Å². The standard InChI is InChI=1S/C18H24FNO3/c1-18(2,3)23-17(21)20-12-11-16(15(19)13-20)22-14-9-7-5-4-6-8-10-14/h4-10,15-16H,11-13H2,1-3H3/b5-4-,6-4?,7-5?,8-6-,9-7?,10-8?,14-9?,14-10?/t15?,16-/m1/s1. The van der Waals surface area contributed by atoms with Gasteiger partial charge in [0.15, 0.2) is 6.17 Å². The second-order valence-corrected chi connectivity index (χ2v) is 6.59. The summed E-state index contributed by atoms with van der Waals surface area (Å²) in [6.07, 6.45) is 11.1. The van der Waals surface area contributed by atoms with Gasteiger partial charge in [0.05, 0.1) is 6.54 Å². The molecule has 4 nitrogen and oxygen atoms in total. The minimum atomic E-state index is -1.24. The summed E-state index contributed by atoms with van der Waals surface area (Å²) in [5.74, 6) is 0.615. The number of piperidine rings is 1. The molecule has 2 rings (SSSR count). The number of carbonyl (C=O) groups excluding carboxylic acids is 1. The lowest BCUT2D eigenvalue weighted by molar-refractivity contribution is -0.0270. The lowest BCUT2D eigenvalue weighted by atomic mass is 10.1. The lowest BCUT2D eigenvalue weighted by Gasteiger charge is -2.35. The van der Waals surface area contributed by atoms with Crippen LogP contribution in [0.25, 0.3) is 0 Å². The zero-order valence-electron chi connectivity index (χ0n) is 13.9. The number of halogens is 1. The van der Waals surface area contributed by atoms with E-state index in [1.165, 1.54) is 4.90 Å². The second-order valence-electron chi connectivity index (χ2n) is 6.59. The number of amides is 1. The topological polar surface area (TPSA) is 38.8 Å². The molecule has 2 aliphatic rings. The number of rotatable bonds is 2. The fourth-order valence-electron chi connectivity index (χ4n) is 2.31. The molecule has 23 heavy (non-hydrogen) atoms. The summed E-state index contributed by atoms with van der Waals surface area (Å²) in [5.41, 5.74) is -0.579. The van der Waals surface area contributed by atoms with Crippen molar-refractivity contribution in [2.24, 2.45) is 0 Å². The number of hydrogen-bond acceptors (Lipinski definition) is 3. The molecule has 0 saturated carbocycles. The third-order valence-electron chi connectivity index (χ3n) is 3.39. The largest absolute Gasteiger partial charge is 0.487 e. The molecule has 1 aliphatic heterocycles. The van der Waals surface area contributed by atoms with E-state index < -0.39 is 24.0 Å². The van der Waals surface area contributed by atoms with Crippen molar-refractivity contribution in [3.05, 3.63) is 48.3 Å². The molecular formula is C18H24FNO3. The fraction of sp³-hybridized carbons (Fsp3) is 0.500. The maximum atomic E-state index is 14.4. The molecule has 0 N–H and O–H groups in total. The van der Waals surface area contributed by atoms with E-state index >= 15 is 0 Å². The number of carbonyl (C=O) groups is 1. The minimum absolute atomic E-state index is 0.00762. The Kier molecular flexibility index (Phi) is 5.64. The Morgan fingerprint density at radius 1 is 1.22 bits per heavy atom. The molecule has 1 saturated heterocycles. The van der Waals surface area contributed by atoms with Gasteiger partial charge in [0, 0.05) is 13.0 Å². The fourth-order valence-corrected chi connectivity index (χ4v) is 2.31. The van der Waals surface area contributed by atoms with Gasteiger partial charge in [-0.2, -0.15) is 0 Å². The van der Waals surface area contributed by atoms with Crippen molar-refractivity contribution < 1.29 is 18.7 Å². The minimum Gasteiger partial charge on any atom is -0.487 e. The van der Waals surface area contributed by atoms with Crippen LogP contribution in [0, 0.1) is 0 Å². The molecule has 1 amide bonds. The maximum Gasteiger partial charge on any atom is 0.410 e. The molecule has 1 unspecified atom stereocenters. The third kappa shape index (κ3) is 5.58. The Morgan fingerprint density at radius 3 is 2.61 bits per heavy atom. The highest BCUT2D eigenvalue weighted by Crippen LogP contribution is 2.22. The van der Waals surface area contributed by atoms with Gasteiger partial charge in [-0.05, 0) is 32.9 Å². The average molecular weight is 321 g/mol. The van der Waals surface area contributed by atoms with Gasteiger partial charge in [0.1, 0.15) is 17.5 Å². The number of ether oxygens (including phenoxy) is 2. The molecular weight excluding hydrogens is 297 g/mol. The molecule has 2 atom stereocenters. The van der Waals surface area contributed by atoms with Crippen molar-refractivity contribution in [1.29, 1.82) is 0 Å². The predicted octanol–water partition coefficient (Wildman–Crippen LogP) is 3.92. The van der Waals surface area contributed by atoms with Crippen LogP contribution < -0.4 is 0 Å². The first-order valence-electron chi connectivity index (χ1n) is 7.85. The molecule has 0 bridgehead atoms. The zero-order chi connectivity index (χ0) is 16.9. The lowest BCUT2D eigenvalue weighted by Crippen LogP contribution is -2.49. The quantitative estimate of drug-likeness (QED) is 0.774. The van der Waals surface area contributed by atoms with Crippen LogP contribution in [0.1, 0.15) is 27.2 Å². The first-order chi connectivity index (χ1) is 10.8. The summed E-state index contributed by atoms with van der Waals surface area (Å²) in [6, 6.07) is 0. The summed E-state index contributed by atoms with van der Waals surface area (Å²) in [4.78, 5) is 13.4. The van der Waals surface area contributed by atoms with Crippen molar-refractivity contribution in [3.63, 3.8) is 0 Å². The van der Waals surface area contributed by atoms with E-state index in [4.69, 9.17) is 9.47 Å². The molecule has 5 heteroatoms. The molecule has 0 aromatic rings. The summed E-state index contributed by atoms with van der Waals surface area (Å²) in [6.45, 7) is 5.80. The van der Waals surface area contributed by atoms with Gasteiger partial charge in [0.25, 0.3) is 0 Å². The van der Waals surface area contributed by atoms with Crippen LogP contribution in [-0.2, 0) is 9.47 Å². The van der Waals surface area contributed by atoms with E-state index in [2.05, 4.69) is 0 Å². The monoisotopic (exact) mass is 321 g/mol. The van der Waals surface area contributed by atoms with Gasteiger partial charge < -0.3 is 14.4 Å². The molecule has 0 spiro atoms. The van der Waals surface area contributed by atoms with Gasteiger partial charge in [-0.1, -0.05) is 30.4 Å². The Bertz CT molecular complexity index is 543. The first-order valence-corrected chi connectivity index (χ1v) is 7.85. The van der Waals surface area contributed by atoms with Crippen LogP contribution in [0.2, 0.25) is 0 Å². The van der Waals surface area contributed by atoms with Crippen LogP contribution in [0.3, 0.4) is 0 Å². The van der Waals surface area contributed by atoms with E-state index in [0.29, 0.717) is 18.7 Å². The molecule has 1 fully saturated rings. The van der Waals surface area contributed by atoms with Crippen LogP contribution in [-0.4, -0.2) is 42.0 Å². The Balaban J connectivity index is 1.90. The van der Waals surface area contributed by atoms with Gasteiger partial charge in [-0.25, -0.2) is 9.18 Å². The van der Waals surface area contributed by atoms with Crippen molar-refractivity contribution in [1.82, 2.24) is 4.90 Å². The first kappa shape index (κ1) is 17.3. The summed E-state index contributed by atoms with van der Waals surface area (Å²) < 4.78 is 25.4. The zero-order valence-corrected chi connectivity index (χ0v) is 13.9. The average Bonchev–Trinajstić information content (AvgIpc) is 2.41. The van der Waals surface area contributed by atoms with Crippen LogP contribution >= 0.6 is 0 Å². The summed E-state index contributed by atoms with van der Waals surface area (Å²) in [7, 11) is 0. The smallest absolute Gasteiger partial charge is 0.410 e. The number of hydrogen-bond donors (Lipinski definition) is 0. The molecule has 0 radical (unpaired) electrons. The Hall–Kier alpha value is -2.04. The highest BCUT2D eigenvalue weighted by molar-refractivity contribution is 5.68. The van der Waals surface area contributed by atoms with E-state index in [-0.39, 0.29) is 6.54 Å². The number of nitrogens with zero attached hydrogens (tertiary/aromatic N) is 1. The van der Waals surface area contributed by atoms with Gasteiger partial charge in [-0.3, -0.25) is 0 Å². The van der Waals surface area contributed by atoms with E-state index in [0.717, 1.165) is 0 Å². The van der Waals surface area contributed by atoms with E-state index in [1.807, 2.05) is 30.4 Å². The predicted molar refractivity (Wildman–Crippen MR) is 87.7 cm³/mol.